The van der Waals surface area contributed by atoms with Gasteiger partial charge in [0.05, 0.1) is 28.6 Å². The summed E-state index contributed by atoms with van der Waals surface area (Å²) in [6.45, 7) is 3.54. The summed E-state index contributed by atoms with van der Waals surface area (Å²) in [5.74, 6) is -1.81. The van der Waals surface area contributed by atoms with Gasteiger partial charge in [-0.15, -0.1) is 0 Å². The fourth-order valence-corrected chi connectivity index (χ4v) is 4.67. The van der Waals surface area contributed by atoms with Crippen molar-refractivity contribution in [2.45, 2.75) is 33.0 Å². The molecule has 0 aliphatic rings. The number of amides is 1. The minimum Gasteiger partial charge on any atom is -0.268 e. The summed E-state index contributed by atoms with van der Waals surface area (Å²) in [6.07, 6.45) is -2.24. The molecular weight excluding hydrogens is 548 g/mol. The highest BCUT2D eigenvalue weighted by Gasteiger charge is 2.35. The zero-order valence-electron chi connectivity index (χ0n) is 22.7. The van der Waals surface area contributed by atoms with Crippen molar-refractivity contribution in [3.8, 4) is 5.69 Å². The van der Waals surface area contributed by atoms with Crippen LogP contribution < -0.4 is 5.56 Å². The van der Waals surface area contributed by atoms with E-state index in [9.17, 15) is 27.2 Å². The molecule has 0 N–H and O–H groups in total. The fourth-order valence-electron chi connectivity index (χ4n) is 4.67. The van der Waals surface area contributed by atoms with Crippen molar-refractivity contribution in [1.82, 2.24) is 14.5 Å². The van der Waals surface area contributed by atoms with E-state index in [1.807, 2.05) is 19.1 Å². The molecule has 42 heavy (non-hydrogen) atoms. The van der Waals surface area contributed by atoms with E-state index in [1.54, 1.807) is 67.8 Å². The number of carbonyl (C=O) groups excluding carboxylic acids is 1. The summed E-state index contributed by atoms with van der Waals surface area (Å²) in [5.41, 5.74) is 1.06. The van der Waals surface area contributed by atoms with Gasteiger partial charge >= 0.3 is 12.1 Å². The third-order valence-electron chi connectivity index (χ3n) is 6.85. The third kappa shape index (κ3) is 5.88. The molecule has 0 saturated heterocycles. The van der Waals surface area contributed by atoms with Gasteiger partial charge in [-0.2, -0.15) is 17.7 Å². The first kappa shape index (κ1) is 28.5. The van der Waals surface area contributed by atoms with E-state index < -0.39 is 29.9 Å². The Hall–Kier alpha value is -4.99. The molecule has 0 atom stereocenters. The monoisotopic (exact) mass is 573 g/mol. The van der Waals surface area contributed by atoms with Crippen molar-refractivity contribution in [3.63, 3.8) is 0 Å². The van der Waals surface area contributed by atoms with E-state index in [-0.39, 0.29) is 23.5 Å². The number of alkyl halides is 3. The highest BCUT2D eigenvalue weighted by atomic mass is 19.4. The smallest absolute Gasteiger partial charge is 0.268 e. The zero-order valence-corrected chi connectivity index (χ0v) is 22.7. The molecule has 2 heterocycles. The van der Waals surface area contributed by atoms with Crippen molar-refractivity contribution < 1.29 is 26.9 Å². The van der Waals surface area contributed by atoms with Crippen molar-refractivity contribution >= 4 is 22.5 Å². The summed E-state index contributed by atoms with van der Waals surface area (Å²) in [6, 6.07) is 20.0. The number of benzene rings is 3. The highest BCUT2D eigenvalue weighted by Crippen LogP contribution is 2.32. The average molecular weight is 574 g/mol. The molecule has 0 unspecified atom stereocenters. The Morgan fingerprint density at radius 3 is 2.38 bits per heavy atom. The Bertz CT molecular complexity index is 1880. The molecule has 2 aromatic heterocycles. The number of aromatic nitrogens is 3. The fraction of sp³-hybridized carbons (Fsp3) is 0.156. The quantitative estimate of drug-likeness (QED) is 0.141. The summed E-state index contributed by atoms with van der Waals surface area (Å²) in [7, 11) is 0. The van der Waals surface area contributed by atoms with Crippen LogP contribution in [0.15, 0.2) is 96.1 Å². The van der Waals surface area contributed by atoms with Gasteiger partial charge in [-0.1, -0.05) is 35.9 Å². The van der Waals surface area contributed by atoms with Crippen LogP contribution in [-0.2, 0) is 23.9 Å². The van der Waals surface area contributed by atoms with Crippen LogP contribution >= 0.6 is 0 Å². The van der Waals surface area contributed by atoms with E-state index in [1.165, 1.54) is 9.14 Å². The first-order valence-corrected chi connectivity index (χ1v) is 13.0. The van der Waals surface area contributed by atoms with E-state index in [2.05, 4.69) is 4.98 Å². The van der Waals surface area contributed by atoms with Crippen LogP contribution in [0.3, 0.4) is 0 Å². The Labute approximate surface area is 238 Å². The number of hydrogen-bond donors (Lipinski definition) is 0. The highest BCUT2D eigenvalue weighted by molar-refractivity contribution is 5.97. The molecule has 1 amide bonds. The largest absolute Gasteiger partial charge is 0.419 e. The van der Waals surface area contributed by atoms with Crippen molar-refractivity contribution in [3.05, 3.63) is 136 Å². The number of carbonyl (C=O) groups is 1. The summed E-state index contributed by atoms with van der Waals surface area (Å²) >= 11 is 0. The van der Waals surface area contributed by atoms with Crippen molar-refractivity contribution in [1.29, 1.82) is 0 Å². The van der Waals surface area contributed by atoms with E-state index in [0.29, 0.717) is 40.0 Å². The number of pyridine rings is 1. The Morgan fingerprint density at radius 2 is 1.69 bits per heavy atom. The third-order valence-corrected chi connectivity index (χ3v) is 6.85. The second-order valence-corrected chi connectivity index (χ2v) is 9.84. The summed E-state index contributed by atoms with van der Waals surface area (Å²) < 4.78 is 56.8. The van der Waals surface area contributed by atoms with Crippen LogP contribution in [0.1, 0.15) is 35.0 Å². The maximum atomic E-state index is 13.9. The van der Waals surface area contributed by atoms with Gasteiger partial charge in [-0.3, -0.25) is 14.3 Å². The van der Waals surface area contributed by atoms with Gasteiger partial charge in [-0.25, -0.2) is 14.2 Å². The van der Waals surface area contributed by atoms with Gasteiger partial charge in [0, 0.05) is 24.9 Å². The number of rotatable bonds is 6. The molecule has 0 aliphatic heterocycles. The molecular formula is C32H25F4N4O2+. The van der Waals surface area contributed by atoms with Gasteiger partial charge in [0.15, 0.2) is 6.54 Å². The van der Waals surface area contributed by atoms with Crippen LogP contribution in [-0.4, -0.2) is 30.7 Å². The van der Waals surface area contributed by atoms with Crippen LogP contribution in [0.2, 0.25) is 0 Å². The molecule has 6 nitrogen and oxygen atoms in total. The average Bonchev–Trinajstić information content (AvgIpc) is 2.97. The Balaban J connectivity index is 1.71. The minimum atomic E-state index is -4.92. The number of halogens is 4. The number of aryl methyl sites for hydroxylation is 1. The SMILES string of the molecule is CC(c1nc2ccccc2c(=O)n1-c1ccc(C)cc1)=[N+](Cc1cccnc1)C(=O)Cc1ccc(F)c(C(F)(F)F)c1. The van der Waals surface area contributed by atoms with Gasteiger partial charge in [0.1, 0.15) is 5.82 Å². The van der Waals surface area contributed by atoms with Crippen LogP contribution in [0.25, 0.3) is 16.6 Å². The molecule has 0 bridgehead atoms. The molecule has 0 radical (unpaired) electrons. The van der Waals surface area contributed by atoms with Crippen molar-refractivity contribution in [2.24, 2.45) is 0 Å². The molecule has 0 saturated carbocycles. The number of nitrogens with zero attached hydrogens (tertiary/aromatic N) is 4. The van der Waals surface area contributed by atoms with E-state index in [0.717, 1.165) is 11.6 Å². The van der Waals surface area contributed by atoms with Gasteiger partial charge in [0.2, 0.25) is 11.5 Å². The molecule has 5 aromatic rings. The first-order chi connectivity index (χ1) is 20.0. The predicted molar refractivity (Wildman–Crippen MR) is 150 cm³/mol. The lowest BCUT2D eigenvalue weighted by Crippen LogP contribution is -2.33. The maximum absolute atomic E-state index is 13.9. The normalized spacial score (nSPS) is 12.3. The second-order valence-electron chi connectivity index (χ2n) is 9.84. The van der Waals surface area contributed by atoms with E-state index in [4.69, 9.17) is 4.98 Å². The maximum Gasteiger partial charge on any atom is 0.419 e. The summed E-state index contributed by atoms with van der Waals surface area (Å²) in [4.78, 5) is 36.5. The molecule has 5 rings (SSSR count). The second kappa shape index (κ2) is 11.5. The Morgan fingerprint density at radius 1 is 0.952 bits per heavy atom. The topological polar surface area (TPSA) is 67.9 Å². The molecule has 0 spiro atoms. The Kier molecular flexibility index (Phi) is 7.80. The van der Waals surface area contributed by atoms with Crippen LogP contribution in [0, 0.1) is 12.7 Å². The standard InChI is InChI=1S/C32H25F4N4O2/c1-20-9-12-24(13-10-20)40-30(38-28-8-4-3-7-25(28)31(40)42)21(2)39(19-23-6-5-15-37-18-23)29(41)17-22-11-14-27(33)26(16-22)32(34,35)36/h3-16,18H,17,19H2,1-2H3/q+1. The molecule has 0 aliphatic carbocycles. The number of fused-ring (bicyclic) bond motifs is 1. The van der Waals surface area contributed by atoms with Gasteiger partial charge in [-0.05, 0) is 61.0 Å². The van der Waals surface area contributed by atoms with Crippen molar-refractivity contribution in [2.75, 3.05) is 0 Å². The number of para-hydroxylation sites is 1. The van der Waals surface area contributed by atoms with E-state index >= 15 is 0 Å². The lowest BCUT2D eigenvalue weighted by molar-refractivity contribution is -0.464. The molecule has 212 valence electrons. The van der Waals surface area contributed by atoms with Gasteiger partial charge in [0.25, 0.3) is 5.56 Å². The molecule has 0 fully saturated rings. The minimum absolute atomic E-state index is 0.00241. The summed E-state index contributed by atoms with van der Waals surface area (Å²) in [5, 5.41) is 0.380. The lowest BCUT2D eigenvalue weighted by Gasteiger charge is -2.14. The van der Waals surface area contributed by atoms with Crippen LogP contribution in [0.5, 0.6) is 0 Å². The predicted octanol–water partition coefficient (Wildman–Crippen LogP) is 6.04. The van der Waals surface area contributed by atoms with Gasteiger partial charge < -0.3 is 0 Å². The van der Waals surface area contributed by atoms with Crippen LogP contribution in [0.4, 0.5) is 17.6 Å². The number of hydrogen-bond acceptors (Lipinski definition) is 4. The lowest BCUT2D eigenvalue weighted by atomic mass is 10.1. The molecule has 3 aromatic carbocycles. The molecule has 10 heteroatoms. The first-order valence-electron chi connectivity index (χ1n) is 13.0. The zero-order chi connectivity index (χ0) is 30.0.